The molecule has 0 bridgehead atoms. The first-order chi connectivity index (χ1) is 12.5. The largest absolute Gasteiger partial charge is 0.489 e. The van der Waals surface area contributed by atoms with Gasteiger partial charge < -0.3 is 20.3 Å². The van der Waals surface area contributed by atoms with Crippen molar-refractivity contribution in [1.29, 1.82) is 0 Å². The Labute approximate surface area is 157 Å². The first kappa shape index (κ1) is 20.5. The van der Waals surface area contributed by atoms with Crippen LogP contribution in [-0.2, 0) is 0 Å². The number of piperidine rings is 1. The summed E-state index contributed by atoms with van der Waals surface area (Å²) in [6, 6.07) is 6.55. The van der Waals surface area contributed by atoms with E-state index in [2.05, 4.69) is 34.4 Å². The smallest absolute Gasteiger partial charge is 0.191 e. The number of halogens is 1. The fourth-order valence-corrected chi connectivity index (χ4v) is 3.19. The van der Waals surface area contributed by atoms with Crippen LogP contribution < -0.4 is 15.4 Å². The fourth-order valence-electron chi connectivity index (χ4n) is 3.19. The van der Waals surface area contributed by atoms with Crippen molar-refractivity contribution in [2.24, 2.45) is 10.9 Å². The maximum absolute atomic E-state index is 12.9. The maximum Gasteiger partial charge on any atom is 0.191 e. The molecule has 1 heterocycles. The molecule has 1 fully saturated rings. The summed E-state index contributed by atoms with van der Waals surface area (Å²) < 4.78 is 18.7. The van der Waals surface area contributed by atoms with E-state index in [9.17, 15) is 4.39 Å². The van der Waals surface area contributed by atoms with Crippen LogP contribution >= 0.6 is 0 Å². The van der Waals surface area contributed by atoms with E-state index in [1.807, 2.05) is 6.92 Å². The van der Waals surface area contributed by atoms with Gasteiger partial charge in [-0.15, -0.1) is 0 Å². The standard InChI is InChI=1S/C20H33FN4O/c1-15(2)14-25-11-9-18(10-12-25)24-20(22-4)23-13-16(3)26-19-7-5-17(21)6-8-19/h5-8,15-16,18H,9-14H2,1-4H3,(H2,22,23,24). The van der Waals surface area contributed by atoms with Crippen molar-refractivity contribution in [3.8, 4) is 5.75 Å². The van der Waals surface area contributed by atoms with E-state index in [1.54, 1.807) is 19.2 Å². The van der Waals surface area contributed by atoms with Crippen LogP contribution in [0.4, 0.5) is 4.39 Å². The van der Waals surface area contributed by atoms with Crippen LogP contribution in [0, 0.1) is 11.7 Å². The molecule has 2 rings (SSSR count). The zero-order chi connectivity index (χ0) is 18.9. The molecule has 1 saturated heterocycles. The molecule has 1 aromatic rings. The average molecular weight is 365 g/mol. The first-order valence-electron chi connectivity index (χ1n) is 9.58. The fraction of sp³-hybridized carbons (Fsp3) is 0.650. The van der Waals surface area contributed by atoms with Gasteiger partial charge in [-0.25, -0.2) is 4.39 Å². The highest BCUT2D eigenvalue weighted by Crippen LogP contribution is 2.13. The number of hydrogen-bond acceptors (Lipinski definition) is 3. The number of likely N-dealkylation sites (tertiary alicyclic amines) is 1. The van der Waals surface area contributed by atoms with E-state index in [4.69, 9.17) is 4.74 Å². The molecular weight excluding hydrogens is 331 g/mol. The Morgan fingerprint density at radius 3 is 2.46 bits per heavy atom. The van der Waals surface area contributed by atoms with Gasteiger partial charge in [-0.2, -0.15) is 0 Å². The molecule has 1 aromatic carbocycles. The van der Waals surface area contributed by atoms with Gasteiger partial charge in [0.1, 0.15) is 17.7 Å². The van der Waals surface area contributed by atoms with Crippen molar-refractivity contribution in [1.82, 2.24) is 15.5 Å². The molecule has 0 amide bonds. The van der Waals surface area contributed by atoms with Crippen LogP contribution in [0.3, 0.4) is 0 Å². The van der Waals surface area contributed by atoms with E-state index >= 15 is 0 Å². The maximum atomic E-state index is 12.9. The van der Waals surface area contributed by atoms with Crippen LogP contribution in [0.1, 0.15) is 33.6 Å². The van der Waals surface area contributed by atoms with Crippen molar-refractivity contribution < 1.29 is 9.13 Å². The summed E-state index contributed by atoms with van der Waals surface area (Å²) in [5.41, 5.74) is 0. The van der Waals surface area contributed by atoms with Gasteiger partial charge in [-0.05, 0) is 49.9 Å². The highest BCUT2D eigenvalue weighted by Gasteiger charge is 2.20. The van der Waals surface area contributed by atoms with Gasteiger partial charge in [-0.1, -0.05) is 13.8 Å². The van der Waals surface area contributed by atoms with Gasteiger partial charge in [-0.3, -0.25) is 4.99 Å². The molecule has 0 spiro atoms. The van der Waals surface area contributed by atoms with E-state index in [1.165, 1.54) is 18.7 Å². The summed E-state index contributed by atoms with van der Waals surface area (Å²) in [6.45, 7) is 10.6. The third-order valence-electron chi connectivity index (χ3n) is 4.48. The van der Waals surface area contributed by atoms with Gasteiger partial charge in [0.25, 0.3) is 0 Å². The topological polar surface area (TPSA) is 48.9 Å². The summed E-state index contributed by atoms with van der Waals surface area (Å²) >= 11 is 0. The molecule has 6 heteroatoms. The van der Waals surface area contributed by atoms with Crippen LogP contribution in [-0.4, -0.2) is 56.2 Å². The zero-order valence-corrected chi connectivity index (χ0v) is 16.5. The molecule has 1 atom stereocenters. The number of benzene rings is 1. The van der Waals surface area contributed by atoms with E-state index in [-0.39, 0.29) is 11.9 Å². The normalized spacial score (nSPS) is 18.0. The minimum Gasteiger partial charge on any atom is -0.489 e. The SMILES string of the molecule is CN=C(NCC(C)Oc1ccc(F)cc1)NC1CCN(CC(C)C)CC1. The minimum absolute atomic E-state index is 0.0492. The summed E-state index contributed by atoms with van der Waals surface area (Å²) in [4.78, 5) is 6.86. The number of nitrogens with zero attached hydrogens (tertiary/aromatic N) is 2. The molecule has 0 aliphatic carbocycles. The summed E-state index contributed by atoms with van der Waals surface area (Å²) in [7, 11) is 1.79. The molecule has 0 saturated carbocycles. The molecule has 0 aromatic heterocycles. The first-order valence-corrected chi connectivity index (χ1v) is 9.58. The van der Waals surface area contributed by atoms with Crippen molar-refractivity contribution in [2.75, 3.05) is 33.2 Å². The lowest BCUT2D eigenvalue weighted by molar-refractivity contribution is 0.186. The van der Waals surface area contributed by atoms with Crippen molar-refractivity contribution >= 4 is 5.96 Å². The number of nitrogens with one attached hydrogen (secondary N) is 2. The Morgan fingerprint density at radius 1 is 1.23 bits per heavy atom. The molecule has 146 valence electrons. The van der Waals surface area contributed by atoms with Crippen molar-refractivity contribution in [3.05, 3.63) is 30.1 Å². The molecule has 2 N–H and O–H groups in total. The number of hydrogen-bond donors (Lipinski definition) is 2. The molecule has 0 radical (unpaired) electrons. The number of guanidine groups is 1. The molecular formula is C20H33FN4O. The quantitative estimate of drug-likeness (QED) is 0.577. The summed E-state index contributed by atoms with van der Waals surface area (Å²) in [5, 5.41) is 6.83. The predicted octanol–water partition coefficient (Wildman–Crippen LogP) is 2.88. The van der Waals surface area contributed by atoms with E-state index < -0.39 is 0 Å². The number of rotatable bonds is 7. The van der Waals surface area contributed by atoms with Gasteiger partial charge in [0, 0.05) is 32.7 Å². The third kappa shape index (κ3) is 7.20. The average Bonchev–Trinajstić information content (AvgIpc) is 2.61. The summed E-state index contributed by atoms with van der Waals surface area (Å²) in [6.07, 6.45) is 2.22. The second-order valence-electron chi connectivity index (χ2n) is 7.45. The Balaban J connectivity index is 1.70. The van der Waals surface area contributed by atoms with Crippen LogP contribution in [0.2, 0.25) is 0 Å². The highest BCUT2D eigenvalue weighted by atomic mass is 19.1. The van der Waals surface area contributed by atoms with Crippen LogP contribution in [0.5, 0.6) is 5.75 Å². The van der Waals surface area contributed by atoms with Crippen LogP contribution in [0.15, 0.2) is 29.3 Å². The highest BCUT2D eigenvalue weighted by molar-refractivity contribution is 5.80. The molecule has 26 heavy (non-hydrogen) atoms. The van der Waals surface area contributed by atoms with Crippen LogP contribution in [0.25, 0.3) is 0 Å². The molecule has 1 aliphatic rings. The van der Waals surface area contributed by atoms with Gasteiger partial charge >= 0.3 is 0 Å². The Bertz CT molecular complexity index is 553. The zero-order valence-electron chi connectivity index (χ0n) is 16.5. The summed E-state index contributed by atoms with van der Waals surface area (Å²) in [5.74, 6) is 1.94. The number of aliphatic imine (C=N–C) groups is 1. The second-order valence-corrected chi connectivity index (χ2v) is 7.45. The lowest BCUT2D eigenvalue weighted by atomic mass is 10.0. The molecule has 1 unspecified atom stereocenters. The third-order valence-corrected chi connectivity index (χ3v) is 4.48. The van der Waals surface area contributed by atoms with Gasteiger partial charge in [0.15, 0.2) is 5.96 Å². The Morgan fingerprint density at radius 2 is 1.88 bits per heavy atom. The minimum atomic E-state index is -0.257. The lowest BCUT2D eigenvalue weighted by Gasteiger charge is -2.34. The Hall–Kier alpha value is -1.82. The molecule has 1 aliphatic heterocycles. The van der Waals surface area contributed by atoms with Gasteiger partial charge in [0.2, 0.25) is 0 Å². The molecule has 5 nitrogen and oxygen atoms in total. The van der Waals surface area contributed by atoms with Crippen molar-refractivity contribution in [3.63, 3.8) is 0 Å². The second kappa shape index (κ2) is 10.4. The van der Waals surface area contributed by atoms with E-state index in [0.717, 1.165) is 37.8 Å². The van der Waals surface area contributed by atoms with E-state index in [0.29, 0.717) is 18.3 Å². The Kier molecular flexibility index (Phi) is 8.16. The number of ether oxygens (including phenoxy) is 1. The monoisotopic (exact) mass is 364 g/mol. The van der Waals surface area contributed by atoms with Gasteiger partial charge in [0.05, 0.1) is 6.54 Å². The van der Waals surface area contributed by atoms with Crippen molar-refractivity contribution in [2.45, 2.75) is 45.8 Å². The lowest BCUT2D eigenvalue weighted by Crippen LogP contribution is -2.50. The predicted molar refractivity (Wildman–Crippen MR) is 105 cm³/mol.